The molecule has 446 valence electrons. The highest BCUT2D eigenvalue weighted by atomic mass is 32.2. The van der Waals surface area contributed by atoms with Gasteiger partial charge in [0, 0.05) is 88.2 Å². The molecule has 1 aliphatic carbocycles. The van der Waals surface area contributed by atoms with Crippen molar-refractivity contribution < 1.29 is 46.5 Å². The van der Waals surface area contributed by atoms with Crippen LogP contribution in [0.5, 0.6) is 34.5 Å². The van der Waals surface area contributed by atoms with E-state index in [1.165, 1.54) is 48.5 Å². The topological polar surface area (TPSA) is 265 Å². The molecule has 4 aromatic heterocycles. The molecule has 2 aliphatic rings. The van der Waals surface area contributed by atoms with Gasteiger partial charge in [0.05, 0.1) is 79.6 Å². The van der Waals surface area contributed by atoms with E-state index in [1.54, 1.807) is 73.2 Å². The first-order valence-corrected chi connectivity index (χ1v) is 29.5. The maximum Gasteiger partial charge on any atom is 0.328 e. The number of sulfonamides is 1. The Labute approximate surface area is 486 Å². The van der Waals surface area contributed by atoms with Crippen molar-refractivity contribution in [2.24, 2.45) is 14.1 Å². The SMILES string of the molecule is CCCOc1cc(OCCCCN(C)CC(=O)NCC(=O)N2CCN(c3ccc(Nc4ncc5c(C)c(C(C)=O)c(=O)n(C6CCCC6)c5n4)nc3)CC2)cc(Oc2cc3c(cc2NS(=O)(=O)c2ccc(OC)c(OC)c2)n(C)c(=O)n3C)c1. The number of fused-ring (bicyclic) bond motifs is 2. The third kappa shape index (κ3) is 13.5. The Balaban J connectivity index is 0.732. The summed E-state index contributed by atoms with van der Waals surface area (Å²) in [6, 6.07) is 16.2. The minimum Gasteiger partial charge on any atom is -0.493 e. The van der Waals surface area contributed by atoms with Crippen molar-refractivity contribution in [1.29, 1.82) is 0 Å². The molecule has 0 bridgehead atoms. The number of rotatable bonds is 25. The van der Waals surface area contributed by atoms with Crippen LogP contribution in [0, 0.1) is 6.92 Å². The number of imidazole rings is 1. The number of methoxy groups -OCH3 is 2. The molecule has 0 unspecified atom stereocenters. The van der Waals surface area contributed by atoms with E-state index in [4.69, 9.17) is 28.7 Å². The fourth-order valence-corrected chi connectivity index (χ4v) is 11.7. The van der Waals surface area contributed by atoms with E-state index in [-0.39, 0.29) is 87.3 Å². The number of amides is 2. The number of Topliss-reactive ketones (excluding diaryl/α,β-unsaturated/α-hetero) is 1. The Morgan fingerprint density at radius 2 is 1.49 bits per heavy atom. The number of ether oxygens (including phenoxy) is 5. The number of nitrogens with zero attached hydrogens (tertiary/aromatic N) is 9. The molecule has 3 aromatic carbocycles. The predicted molar refractivity (Wildman–Crippen MR) is 318 cm³/mol. The van der Waals surface area contributed by atoms with Crippen molar-refractivity contribution in [3.63, 3.8) is 0 Å². The second-order valence-electron chi connectivity index (χ2n) is 21.0. The molecule has 1 saturated heterocycles. The average Bonchev–Trinajstić information content (AvgIpc) is 4.05. The third-order valence-corrected chi connectivity index (χ3v) is 16.5. The van der Waals surface area contributed by atoms with E-state index in [2.05, 4.69) is 30.2 Å². The zero-order valence-electron chi connectivity index (χ0n) is 48.7. The summed E-state index contributed by atoms with van der Waals surface area (Å²) in [5.74, 6) is 1.99. The van der Waals surface area contributed by atoms with Crippen molar-refractivity contribution in [2.45, 2.75) is 76.7 Å². The van der Waals surface area contributed by atoms with Gasteiger partial charge in [-0.25, -0.2) is 23.2 Å². The Bertz CT molecular complexity index is 3810. The molecule has 0 radical (unpaired) electrons. The number of ketones is 1. The van der Waals surface area contributed by atoms with Crippen LogP contribution in [-0.2, 0) is 33.7 Å². The summed E-state index contributed by atoms with van der Waals surface area (Å²) < 4.78 is 64.2. The van der Waals surface area contributed by atoms with Gasteiger partial charge in [-0.3, -0.25) is 42.5 Å². The lowest BCUT2D eigenvalue weighted by atomic mass is 10.0. The van der Waals surface area contributed by atoms with Gasteiger partial charge < -0.3 is 44.1 Å². The van der Waals surface area contributed by atoms with Gasteiger partial charge in [0.15, 0.2) is 23.0 Å². The molecule has 84 heavy (non-hydrogen) atoms. The zero-order chi connectivity index (χ0) is 59.8. The monoisotopic (exact) mass is 1170 g/mol. The highest BCUT2D eigenvalue weighted by molar-refractivity contribution is 7.92. The quantitative estimate of drug-likeness (QED) is 0.0397. The highest BCUT2D eigenvalue weighted by Crippen LogP contribution is 2.39. The van der Waals surface area contributed by atoms with E-state index in [0.717, 1.165) is 37.8 Å². The van der Waals surface area contributed by atoms with Crippen LogP contribution in [0.25, 0.3) is 22.1 Å². The number of aryl methyl sites for hydroxylation is 3. The normalized spacial score (nSPS) is 13.8. The lowest BCUT2D eigenvalue weighted by Crippen LogP contribution is -2.51. The minimum atomic E-state index is -4.23. The number of unbranched alkanes of at least 4 members (excludes halogenated alkanes) is 1. The molecule has 1 aliphatic heterocycles. The Morgan fingerprint density at radius 3 is 2.15 bits per heavy atom. The summed E-state index contributed by atoms with van der Waals surface area (Å²) in [5, 5.41) is 6.61. The molecule has 0 spiro atoms. The van der Waals surface area contributed by atoms with Gasteiger partial charge in [-0.1, -0.05) is 19.8 Å². The van der Waals surface area contributed by atoms with Crippen molar-refractivity contribution in [3.05, 3.63) is 105 Å². The average molecular weight is 1170 g/mol. The first-order chi connectivity index (χ1) is 40.4. The first-order valence-electron chi connectivity index (χ1n) is 28.0. The third-order valence-electron chi connectivity index (χ3n) is 15.1. The number of pyridine rings is 2. The molecule has 24 nitrogen and oxygen atoms in total. The number of aromatic nitrogens is 6. The van der Waals surface area contributed by atoms with E-state index in [0.29, 0.717) is 109 Å². The lowest BCUT2D eigenvalue weighted by Gasteiger charge is -2.36. The van der Waals surface area contributed by atoms with Crippen LogP contribution in [0.4, 0.5) is 23.1 Å². The van der Waals surface area contributed by atoms with Crippen molar-refractivity contribution in [1.82, 2.24) is 43.8 Å². The molecule has 3 N–H and O–H groups in total. The summed E-state index contributed by atoms with van der Waals surface area (Å²) >= 11 is 0. The van der Waals surface area contributed by atoms with Crippen LogP contribution in [-0.4, -0.2) is 145 Å². The van der Waals surface area contributed by atoms with Gasteiger partial charge in [-0.05, 0) is 95.4 Å². The smallest absolute Gasteiger partial charge is 0.328 e. The largest absolute Gasteiger partial charge is 0.493 e. The first kappa shape index (κ1) is 59.9. The van der Waals surface area contributed by atoms with E-state index < -0.39 is 10.0 Å². The number of anilines is 4. The Morgan fingerprint density at radius 1 is 0.798 bits per heavy atom. The van der Waals surface area contributed by atoms with Gasteiger partial charge >= 0.3 is 5.69 Å². The van der Waals surface area contributed by atoms with Crippen molar-refractivity contribution >= 4 is 72.8 Å². The number of benzene rings is 3. The second kappa shape index (κ2) is 26.3. The number of likely N-dealkylation sites (N-methyl/N-ethyl adjacent to an activating group) is 1. The van der Waals surface area contributed by atoms with Gasteiger partial charge in [-0.15, -0.1) is 0 Å². The minimum absolute atomic E-state index is 0.0343. The summed E-state index contributed by atoms with van der Waals surface area (Å²) in [5.41, 5.74) is 2.56. The molecule has 9 rings (SSSR count). The van der Waals surface area contributed by atoms with Crippen LogP contribution in [0.1, 0.15) is 80.8 Å². The number of nitrogens with one attached hydrogen (secondary N) is 3. The van der Waals surface area contributed by atoms with Crippen LogP contribution >= 0.6 is 0 Å². The zero-order valence-corrected chi connectivity index (χ0v) is 49.5. The summed E-state index contributed by atoms with van der Waals surface area (Å²) in [4.78, 5) is 84.9. The summed E-state index contributed by atoms with van der Waals surface area (Å²) in [6.07, 6.45) is 9.18. The molecule has 5 heterocycles. The number of hydrogen-bond acceptors (Lipinski definition) is 18. The van der Waals surface area contributed by atoms with Gasteiger partial charge in [0.2, 0.25) is 17.8 Å². The van der Waals surface area contributed by atoms with Crippen LogP contribution in [0.3, 0.4) is 0 Å². The fourth-order valence-electron chi connectivity index (χ4n) is 10.6. The van der Waals surface area contributed by atoms with Crippen LogP contribution < -0.4 is 55.2 Å². The summed E-state index contributed by atoms with van der Waals surface area (Å²) in [6.45, 7) is 8.58. The molecule has 25 heteroatoms. The van der Waals surface area contributed by atoms with Gasteiger partial charge in [-0.2, -0.15) is 4.98 Å². The molecule has 2 fully saturated rings. The van der Waals surface area contributed by atoms with Gasteiger partial charge in [0.25, 0.3) is 15.6 Å². The highest BCUT2D eigenvalue weighted by Gasteiger charge is 2.28. The number of carbonyl (C=O) groups excluding carboxylic acids is 3. The molecule has 0 atom stereocenters. The maximum absolute atomic E-state index is 13.9. The predicted octanol–water partition coefficient (Wildman–Crippen LogP) is 6.70. The molecular formula is C59H72N12O12S. The number of carbonyl (C=O) groups is 3. The van der Waals surface area contributed by atoms with Crippen molar-refractivity contribution in [2.75, 3.05) is 95.2 Å². The maximum atomic E-state index is 13.9. The van der Waals surface area contributed by atoms with Crippen LogP contribution in [0.2, 0.25) is 0 Å². The standard InChI is InChI=1S/C59H72N12O12S/c1-9-25-81-41-27-42(29-43(28-41)83-50-32-48-47(67(5)59(76)68(48)6)31-46(50)65-84(77,78)44-17-18-49(79-7)51(30-44)80-8)82-26-13-12-20-66(4)36-53(73)61-35-54(74)70-23-21-69(22-24-70)40-16-19-52(60-33-40)63-58-62-34-45-37(2)55(38(3)72)57(75)71(56(45)64-58)39-14-10-11-15-39/h16-19,27-34,39,65H,9-15,20-26,35-36H2,1-8H3,(H,61,73)(H,60,62,63,64). The van der Waals surface area contributed by atoms with Crippen molar-refractivity contribution in [3.8, 4) is 34.5 Å². The molecule has 7 aromatic rings. The summed E-state index contributed by atoms with van der Waals surface area (Å²) in [7, 11) is 3.68. The number of hydrogen-bond donors (Lipinski definition) is 3. The van der Waals surface area contributed by atoms with Crippen LogP contribution in [0.15, 0.2) is 87.5 Å². The molecule has 2 amide bonds. The Kier molecular flexibility index (Phi) is 18.7. The van der Waals surface area contributed by atoms with E-state index in [9.17, 15) is 32.4 Å². The second-order valence-corrected chi connectivity index (χ2v) is 22.7. The van der Waals surface area contributed by atoms with E-state index in [1.807, 2.05) is 31.0 Å². The molecular weight excluding hydrogens is 1100 g/mol. The fraction of sp³-hybridized carbons (Fsp3) is 0.424. The van der Waals surface area contributed by atoms with Gasteiger partial charge in [0.1, 0.15) is 28.7 Å². The van der Waals surface area contributed by atoms with E-state index >= 15 is 0 Å². The molecule has 1 saturated carbocycles. The Hall–Kier alpha value is -8.71. The lowest BCUT2D eigenvalue weighted by molar-refractivity contribution is -0.133. The number of piperazine rings is 1.